The summed E-state index contributed by atoms with van der Waals surface area (Å²) in [4.78, 5) is 20.5. The topological polar surface area (TPSA) is 52.6 Å². The van der Waals surface area contributed by atoms with Crippen molar-refractivity contribution >= 4 is 12.1 Å². The molecule has 0 saturated heterocycles. The van der Waals surface area contributed by atoms with Gasteiger partial charge in [0.25, 0.3) is 0 Å². The highest BCUT2D eigenvalue weighted by Crippen LogP contribution is 1.92. The zero-order valence-electron chi connectivity index (χ0n) is 6.21. The Balaban J connectivity index is 3.54. The molecule has 0 aliphatic heterocycles. The lowest BCUT2D eigenvalue weighted by molar-refractivity contribution is -0.137. The first-order chi connectivity index (χ1) is 4.52. The van der Waals surface area contributed by atoms with Crippen molar-refractivity contribution in [3.8, 4) is 0 Å². The fourth-order valence-electron chi connectivity index (χ4n) is 0.334. The van der Waals surface area contributed by atoms with Gasteiger partial charge in [-0.05, 0) is 13.8 Å². The third kappa shape index (κ3) is 5.08. The van der Waals surface area contributed by atoms with Gasteiger partial charge in [-0.25, -0.2) is 4.79 Å². The summed E-state index contributed by atoms with van der Waals surface area (Å²) in [6.45, 7) is 4.48. The molecule has 0 heterocycles. The lowest BCUT2D eigenvalue weighted by Crippen LogP contribution is -2.15. The maximum absolute atomic E-state index is 10.4. The molecule has 0 N–H and O–H groups in total. The average Bonchev–Trinajstić information content (AvgIpc) is 1.58. The van der Waals surface area contributed by atoms with Gasteiger partial charge in [-0.15, -0.1) is 0 Å². The fraction of sp³-hybridized carbons (Fsp3) is 0.667. The first kappa shape index (κ1) is 8.94. The van der Waals surface area contributed by atoms with Crippen molar-refractivity contribution in [1.82, 2.24) is 0 Å². The summed E-state index contributed by atoms with van der Waals surface area (Å²) in [6.07, 6.45) is -1.20. The van der Waals surface area contributed by atoms with Crippen LogP contribution in [0.3, 0.4) is 0 Å². The third-order valence-corrected chi connectivity index (χ3v) is 0.559. The molecule has 0 fully saturated rings. The number of rotatable bonds is 1. The lowest BCUT2D eigenvalue weighted by Gasteiger charge is -2.04. The zero-order chi connectivity index (χ0) is 8.15. The molecule has 4 heteroatoms. The molecule has 0 saturated carbocycles. The number of hydrogen-bond donors (Lipinski definition) is 0. The number of hydrogen-bond acceptors (Lipinski definition) is 4. The Morgan fingerprint density at radius 2 is 1.80 bits per heavy atom. The van der Waals surface area contributed by atoms with Crippen LogP contribution in [-0.2, 0) is 14.3 Å². The van der Waals surface area contributed by atoms with Crippen molar-refractivity contribution in [2.45, 2.75) is 26.9 Å². The number of ether oxygens (including phenoxy) is 2. The van der Waals surface area contributed by atoms with Crippen LogP contribution in [0.5, 0.6) is 0 Å². The molecule has 4 nitrogen and oxygen atoms in total. The Labute approximate surface area is 59.1 Å². The van der Waals surface area contributed by atoms with E-state index in [0.717, 1.165) is 6.92 Å². The quantitative estimate of drug-likeness (QED) is 0.410. The molecule has 0 amide bonds. The maximum atomic E-state index is 10.4. The normalized spacial score (nSPS) is 9.20. The van der Waals surface area contributed by atoms with Crippen LogP contribution in [0.2, 0.25) is 0 Å². The molecule has 0 bridgehead atoms. The van der Waals surface area contributed by atoms with Crippen molar-refractivity contribution in [1.29, 1.82) is 0 Å². The highest BCUT2D eigenvalue weighted by molar-refractivity contribution is 5.79. The Hall–Kier alpha value is -1.06. The van der Waals surface area contributed by atoms with E-state index < -0.39 is 12.1 Å². The largest absolute Gasteiger partial charge is 0.516 e. The minimum atomic E-state index is -0.942. The summed E-state index contributed by atoms with van der Waals surface area (Å²) in [5.41, 5.74) is 0. The molecule has 0 rings (SSSR count). The minimum Gasteiger partial charge on any atom is -0.431 e. The van der Waals surface area contributed by atoms with E-state index in [9.17, 15) is 9.59 Å². The van der Waals surface area contributed by atoms with E-state index in [1.54, 1.807) is 13.8 Å². The van der Waals surface area contributed by atoms with Crippen molar-refractivity contribution in [3.05, 3.63) is 0 Å². The molecule has 0 spiro atoms. The van der Waals surface area contributed by atoms with Crippen molar-refractivity contribution in [2.24, 2.45) is 0 Å². The van der Waals surface area contributed by atoms with Crippen LogP contribution in [-0.4, -0.2) is 18.2 Å². The molecule has 0 radical (unpaired) electrons. The van der Waals surface area contributed by atoms with E-state index in [-0.39, 0.29) is 6.10 Å². The van der Waals surface area contributed by atoms with E-state index >= 15 is 0 Å². The molecule has 58 valence electrons. The first-order valence-corrected chi connectivity index (χ1v) is 2.91. The molecule has 0 aromatic heterocycles. The summed E-state index contributed by atoms with van der Waals surface area (Å²) < 4.78 is 8.54. The van der Waals surface area contributed by atoms with Gasteiger partial charge in [-0.2, -0.15) is 0 Å². The van der Waals surface area contributed by atoms with Crippen LogP contribution >= 0.6 is 0 Å². The van der Waals surface area contributed by atoms with Gasteiger partial charge in [0.2, 0.25) is 0 Å². The predicted molar refractivity (Wildman–Crippen MR) is 33.4 cm³/mol. The highest BCUT2D eigenvalue weighted by atomic mass is 16.7. The van der Waals surface area contributed by atoms with Gasteiger partial charge in [0, 0.05) is 6.92 Å². The van der Waals surface area contributed by atoms with Crippen LogP contribution in [0.15, 0.2) is 0 Å². The van der Waals surface area contributed by atoms with Crippen LogP contribution < -0.4 is 0 Å². The molecule has 0 aliphatic carbocycles. The van der Waals surface area contributed by atoms with E-state index in [4.69, 9.17) is 0 Å². The predicted octanol–water partition coefficient (Wildman–Crippen LogP) is 1.09. The van der Waals surface area contributed by atoms with Gasteiger partial charge >= 0.3 is 12.1 Å². The van der Waals surface area contributed by atoms with Crippen LogP contribution in [0.25, 0.3) is 0 Å². The van der Waals surface area contributed by atoms with E-state index in [1.165, 1.54) is 0 Å². The van der Waals surface area contributed by atoms with Crippen molar-refractivity contribution in [3.63, 3.8) is 0 Å². The summed E-state index contributed by atoms with van der Waals surface area (Å²) in [5, 5.41) is 0. The molecule has 0 aliphatic rings. The van der Waals surface area contributed by atoms with Crippen LogP contribution in [0.4, 0.5) is 4.79 Å². The number of carbonyl (C=O) groups is 2. The molecular formula is C6H10O4. The molecule has 0 atom stereocenters. The monoisotopic (exact) mass is 146 g/mol. The smallest absolute Gasteiger partial charge is 0.431 e. The molecule has 0 unspecified atom stereocenters. The first-order valence-electron chi connectivity index (χ1n) is 2.91. The number of carbonyl (C=O) groups excluding carboxylic acids is 2. The average molecular weight is 146 g/mol. The molecule has 10 heavy (non-hydrogen) atoms. The summed E-state index contributed by atoms with van der Waals surface area (Å²) in [7, 11) is 0. The van der Waals surface area contributed by atoms with E-state index in [1.807, 2.05) is 0 Å². The van der Waals surface area contributed by atoms with Crippen molar-refractivity contribution in [2.75, 3.05) is 0 Å². The molecule has 0 aromatic rings. The van der Waals surface area contributed by atoms with Crippen LogP contribution in [0, 0.1) is 0 Å². The second kappa shape index (κ2) is 3.87. The van der Waals surface area contributed by atoms with Gasteiger partial charge in [0.1, 0.15) is 0 Å². The van der Waals surface area contributed by atoms with Gasteiger partial charge in [-0.1, -0.05) is 0 Å². The SMILES string of the molecule is CC(=O)OC(=O)OC(C)C. The van der Waals surface area contributed by atoms with Gasteiger partial charge in [0.15, 0.2) is 0 Å². The second-order valence-corrected chi connectivity index (χ2v) is 2.01. The second-order valence-electron chi connectivity index (χ2n) is 2.01. The van der Waals surface area contributed by atoms with E-state index in [2.05, 4.69) is 9.47 Å². The Kier molecular flexibility index (Phi) is 3.46. The van der Waals surface area contributed by atoms with Gasteiger partial charge in [0.05, 0.1) is 6.10 Å². The van der Waals surface area contributed by atoms with E-state index in [0.29, 0.717) is 0 Å². The van der Waals surface area contributed by atoms with Crippen LogP contribution in [0.1, 0.15) is 20.8 Å². The summed E-state index contributed by atoms with van der Waals surface area (Å²) >= 11 is 0. The maximum Gasteiger partial charge on any atom is 0.516 e. The molecule has 0 aromatic carbocycles. The molecular weight excluding hydrogens is 136 g/mol. The highest BCUT2D eigenvalue weighted by Gasteiger charge is 2.08. The summed E-state index contributed by atoms with van der Waals surface area (Å²) in [5.74, 6) is -0.661. The van der Waals surface area contributed by atoms with Gasteiger partial charge in [-0.3, -0.25) is 4.79 Å². The van der Waals surface area contributed by atoms with Crippen molar-refractivity contribution < 1.29 is 19.1 Å². The van der Waals surface area contributed by atoms with Gasteiger partial charge < -0.3 is 9.47 Å². The lowest BCUT2D eigenvalue weighted by atomic mass is 10.5. The Morgan fingerprint density at radius 1 is 1.30 bits per heavy atom. The fourth-order valence-corrected chi connectivity index (χ4v) is 0.334. The summed E-state index contributed by atoms with van der Waals surface area (Å²) in [6, 6.07) is 0. The standard InChI is InChI=1S/C6H10O4/c1-4(2)9-6(8)10-5(3)7/h4H,1-3H3. The number of esters is 1. The third-order valence-electron chi connectivity index (χ3n) is 0.559. The Bertz CT molecular complexity index is 139. The zero-order valence-corrected chi connectivity index (χ0v) is 6.21. The Morgan fingerprint density at radius 3 is 2.10 bits per heavy atom. The minimum absolute atomic E-state index is 0.258.